The van der Waals surface area contributed by atoms with Crippen molar-refractivity contribution < 1.29 is 19.8 Å². The lowest BCUT2D eigenvalue weighted by atomic mass is 10.1. The molecule has 1 aromatic carbocycles. The molecule has 7 heteroatoms. The summed E-state index contributed by atoms with van der Waals surface area (Å²) in [5.74, 6) is -1.99. The van der Waals surface area contributed by atoms with Crippen LogP contribution in [0, 0.1) is 6.92 Å². The second kappa shape index (κ2) is 6.13. The normalized spacial score (nSPS) is 11.7. The Morgan fingerprint density at radius 1 is 1.23 bits per heavy atom. The summed E-state index contributed by atoms with van der Waals surface area (Å²) in [5.41, 5.74) is 8.08. The summed E-state index contributed by atoms with van der Waals surface area (Å²) in [7, 11) is 0. The van der Waals surface area contributed by atoms with Gasteiger partial charge in [0.05, 0.1) is 5.56 Å². The highest BCUT2D eigenvalue weighted by molar-refractivity contribution is 5.99. The fourth-order valence-corrected chi connectivity index (χ4v) is 1.90. The van der Waals surface area contributed by atoms with Crippen molar-refractivity contribution in [1.82, 2.24) is 16.0 Å². The summed E-state index contributed by atoms with van der Waals surface area (Å²) in [4.78, 5) is 27.5. The summed E-state index contributed by atoms with van der Waals surface area (Å²) in [6, 6.07) is 5.69. The highest BCUT2D eigenvalue weighted by Gasteiger charge is 2.23. The van der Waals surface area contributed by atoms with Crippen molar-refractivity contribution in [3.8, 4) is 11.5 Å². The number of aryl methyl sites for hydroxylation is 1. The lowest BCUT2D eigenvalue weighted by Crippen LogP contribution is -2.34. The number of phenolic OH excluding ortho intramolecular Hbond substituents is 1. The van der Waals surface area contributed by atoms with E-state index in [2.05, 4.69) is 10.3 Å². The summed E-state index contributed by atoms with van der Waals surface area (Å²) in [5, 5.41) is 21.4. The molecule has 1 heterocycles. The van der Waals surface area contributed by atoms with Crippen LogP contribution in [0.2, 0.25) is 0 Å². The van der Waals surface area contributed by atoms with E-state index in [1.165, 1.54) is 36.5 Å². The van der Waals surface area contributed by atoms with E-state index in [4.69, 9.17) is 5.73 Å². The molecule has 1 radical (unpaired) electrons. The highest BCUT2D eigenvalue weighted by Crippen LogP contribution is 2.20. The Balaban J connectivity index is 2.26. The van der Waals surface area contributed by atoms with Crippen LogP contribution in [0.25, 0.3) is 0 Å². The second-order valence-corrected chi connectivity index (χ2v) is 4.71. The van der Waals surface area contributed by atoms with E-state index in [0.717, 1.165) is 0 Å². The molecule has 1 atom stereocenters. The van der Waals surface area contributed by atoms with Gasteiger partial charge < -0.3 is 15.5 Å². The average Bonchev–Trinajstić information content (AvgIpc) is 2.45. The first-order valence-corrected chi connectivity index (χ1v) is 6.39. The zero-order valence-corrected chi connectivity index (χ0v) is 11.7. The zero-order valence-electron chi connectivity index (χ0n) is 11.7. The Morgan fingerprint density at radius 2 is 1.86 bits per heavy atom. The maximum absolute atomic E-state index is 12.1. The quantitative estimate of drug-likeness (QED) is 0.779. The molecule has 0 spiro atoms. The number of hydrogen-bond donors (Lipinski definition) is 3. The van der Waals surface area contributed by atoms with Crippen LogP contribution in [-0.2, 0) is 4.79 Å². The standard InChI is InChI=1S/C15H14N3O4/c1-8-6-12(20)11(7-17-8)15(22)18-13(14(16)21)9-2-4-10(19)5-3-9/h2-7,13,16,19H,1H3,(H,17,20)(H,18,22)/t13-/m1/s1. The Kier molecular flexibility index (Phi) is 4.26. The summed E-state index contributed by atoms with van der Waals surface area (Å²) in [6.07, 6.45) is 1.20. The number of hydrogen-bond acceptors (Lipinski definition) is 5. The fourth-order valence-electron chi connectivity index (χ4n) is 1.90. The molecule has 2 aromatic rings. The Hall–Kier alpha value is -3.09. The second-order valence-electron chi connectivity index (χ2n) is 4.71. The smallest absolute Gasteiger partial charge is 0.265 e. The number of carbonyl (C=O) groups excluding carboxylic acids is 2. The maximum Gasteiger partial charge on any atom is 0.265 e. The number of nitrogens with zero attached hydrogens (tertiary/aromatic N) is 1. The van der Waals surface area contributed by atoms with Gasteiger partial charge in [-0.2, -0.15) is 0 Å². The van der Waals surface area contributed by atoms with Crippen LogP contribution >= 0.6 is 0 Å². The minimum atomic E-state index is -1.20. The summed E-state index contributed by atoms with van der Waals surface area (Å²) < 4.78 is 0. The number of rotatable bonds is 4. The van der Waals surface area contributed by atoms with E-state index < -0.39 is 17.9 Å². The van der Waals surface area contributed by atoms with Gasteiger partial charge in [0.15, 0.2) is 0 Å². The van der Waals surface area contributed by atoms with Crippen LogP contribution in [0.4, 0.5) is 0 Å². The average molecular weight is 300 g/mol. The third-order valence-corrected chi connectivity index (χ3v) is 3.03. The van der Waals surface area contributed by atoms with Crippen molar-refractivity contribution in [2.45, 2.75) is 13.0 Å². The van der Waals surface area contributed by atoms with Gasteiger partial charge in [0.1, 0.15) is 17.5 Å². The van der Waals surface area contributed by atoms with Gasteiger partial charge in [-0.3, -0.25) is 20.3 Å². The maximum atomic E-state index is 12.1. The van der Waals surface area contributed by atoms with Crippen molar-refractivity contribution in [3.63, 3.8) is 0 Å². The SMILES string of the molecule is Cc1cc(O)c(C(=O)N[C@@H](C([NH])=O)c2ccc(O)cc2)cn1. The number of nitrogens with one attached hydrogen (secondary N) is 2. The molecule has 0 saturated heterocycles. The number of aromatic hydroxyl groups is 2. The molecular formula is C15H14N3O4. The molecule has 0 aliphatic rings. The summed E-state index contributed by atoms with van der Waals surface area (Å²) >= 11 is 0. The molecule has 1 aromatic heterocycles. The minimum absolute atomic E-state index is 0.00614. The van der Waals surface area contributed by atoms with Crippen LogP contribution in [0.5, 0.6) is 11.5 Å². The number of aromatic nitrogens is 1. The molecular weight excluding hydrogens is 286 g/mol. The van der Waals surface area contributed by atoms with Gasteiger partial charge in [0.25, 0.3) is 11.8 Å². The van der Waals surface area contributed by atoms with Crippen molar-refractivity contribution in [3.05, 3.63) is 53.3 Å². The largest absolute Gasteiger partial charge is 0.508 e. The number of pyridine rings is 1. The fraction of sp³-hybridized carbons (Fsp3) is 0.133. The molecule has 7 nitrogen and oxygen atoms in total. The molecule has 0 aliphatic heterocycles. The van der Waals surface area contributed by atoms with Crippen LogP contribution < -0.4 is 11.1 Å². The van der Waals surface area contributed by atoms with E-state index in [-0.39, 0.29) is 17.1 Å². The summed E-state index contributed by atoms with van der Waals surface area (Å²) in [6.45, 7) is 1.66. The van der Waals surface area contributed by atoms with Crippen molar-refractivity contribution in [2.75, 3.05) is 0 Å². The van der Waals surface area contributed by atoms with E-state index in [1.807, 2.05) is 0 Å². The first kappa shape index (κ1) is 15.3. The van der Waals surface area contributed by atoms with Gasteiger partial charge in [-0.25, -0.2) is 0 Å². The van der Waals surface area contributed by atoms with Gasteiger partial charge in [-0.1, -0.05) is 12.1 Å². The molecule has 22 heavy (non-hydrogen) atoms. The molecule has 113 valence electrons. The van der Waals surface area contributed by atoms with Gasteiger partial charge >= 0.3 is 0 Å². The van der Waals surface area contributed by atoms with E-state index in [9.17, 15) is 19.8 Å². The predicted octanol–water partition coefficient (Wildman–Crippen LogP) is 1.08. The Morgan fingerprint density at radius 3 is 2.41 bits per heavy atom. The van der Waals surface area contributed by atoms with Crippen LogP contribution in [-0.4, -0.2) is 27.0 Å². The van der Waals surface area contributed by atoms with Crippen LogP contribution in [0.15, 0.2) is 36.5 Å². The molecule has 0 aliphatic carbocycles. The van der Waals surface area contributed by atoms with Gasteiger partial charge in [-0.05, 0) is 24.6 Å². The Bertz CT molecular complexity index is 713. The number of phenols is 1. The third kappa shape index (κ3) is 3.32. The molecule has 4 N–H and O–H groups in total. The van der Waals surface area contributed by atoms with E-state index in [1.54, 1.807) is 6.92 Å². The van der Waals surface area contributed by atoms with E-state index in [0.29, 0.717) is 11.3 Å². The molecule has 2 rings (SSSR count). The highest BCUT2D eigenvalue weighted by atomic mass is 16.3. The van der Waals surface area contributed by atoms with Crippen molar-refractivity contribution in [1.29, 1.82) is 0 Å². The van der Waals surface area contributed by atoms with E-state index >= 15 is 0 Å². The first-order valence-electron chi connectivity index (χ1n) is 6.39. The molecule has 0 unspecified atom stereocenters. The Labute approximate surface area is 126 Å². The predicted molar refractivity (Wildman–Crippen MR) is 77.1 cm³/mol. The van der Waals surface area contributed by atoms with Crippen molar-refractivity contribution in [2.24, 2.45) is 0 Å². The lowest BCUT2D eigenvalue weighted by Gasteiger charge is -2.16. The topological polar surface area (TPSA) is 123 Å². The monoisotopic (exact) mass is 300 g/mol. The molecule has 0 bridgehead atoms. The van der Waals surface area contributed by atoms with Gasteiger partial charge in [0, 0.05) is 18.0 Å². The zero-order chi connectivity index (χ0) is 16.3. The lowest BCUT2D eigenvalue weighted by molar-refractivity contribution is -0.120. The van der Waals surface area contributed by atoms with Crippen LogP contribution in [0.1, 0.15) is 27.7 Å². The molecule has 0 fully saturated rings. The minimum Gasteiger partial charge on any atom is -0.508 e. The third-order valence-electron chi connectivity index (χ3n) is 3.03. The number of carbonyl (C=O) groups is 2. The molecule has 0 saturated carbocycles. The van der Waals surface area contributed by atoms with Gasteiger partial charge in [-0.15, -0.1) is 0 Å². The molecule has 2 amide bonds. The van der Waals surface area contributed by atoms with Crippen LogP contribution in [0.3, 0.4) is 0 Å². The van der Waals surface area contributed by atoms with Gasteiger partial charge in [0.2, 0.25) is 0 Å². The number of amides is 2. The first-order chi connectivity index (χ1) is 10.4. The number of benzene rings is 1. The van der Waals surface area contributed by atoms with Crippen molar-refractivity contribution >= 4 is 11.8 Å².